The largest absolute Gasteiger partial charge is 0.481 e. The zero-order chi connectivity index (χ0) is 16.8. The molecule has 1 aromatic carbocycles. The molecule has 5 heteroatoms. The van der Waals surface area contributed by atoms with E-state index >= 15 is 0 Å². The van der Waals surface area contributed by atoms with Crippen LogP contribution in [0.3, 0.4) is 0 Å². The van der Waals surface area contributed by atoms with Gasteiger partial charge in [-0.15, -0.1) is 0 Å². The summed E-state index contributed by atoms with van der Waals surface area (Å²) in [6, 6.07) is 8.96. The molecule has 2 aromatic rings. The molecule has 0 aliphatic carbocycles. The number of amides is 1. The normalized spacial score (nSPS) is 13.2. The molecule has 2 rings (SSSR count). The Kier molecular flexibility index (Phi) is 5.93. The predicted molar refractivity (Wildman–Crippen MR) is 92.2 cm³/mol. The van der Waals surface area contributed by atoms with Crippen LogP contribution in [-0.2, 0) is 11.2 Å². The highest BCUT2D eigenvalue weighted by molar-refractivity contribution is 7.07. The van der Waals surface area contributed by atoms with Crippen molar-refractivity contribution in [1.82, 2.24) is 5.32 Å². The quantitative estimate of drug-likeness (QED) is 0.791. The molecule has 0 aliphatic heterocycles. The fraction of sp³-hybridized carbons (Fsp3) is 0.333. The minimum Gasteiger partial charge on any atom is -0.481 e. The van der Waals surface area contributed by atoms with Gasteiger partial charge in [0.25, 0.3) is 5.91 Å². The molecule has 122 valence electrons. The molecule has 0 fully saturated rings. The SMILES string of the molecule is CC(=O)c1cccc(OC(C)C(=O)NC(C)Cc2ccsc2)c1. The van der Waals surface area contributed by atoms with Crippen LogP contribution < -0.4 is 10.1 Å². The summed E-state index contributed by atoms with van der Waals surface area (Å²) < 4.78 is 5.64. The Labute approximate surface area is 140 Å². The minimum absolute atomic E-state index is 0.0306. The van der Waals surface area contributed by atoms with Gasteiger partial charge in [-0.25, -0.2) is 0 Å². The second kappa shape index (κ2) is 7.92. The standard InChI is InChI=1S/C18H21NO3S/c1-12(9-15-7-8-23-11-15)19-18(21)14(3)22-17-6-4-5-16(10-17)13(2)20/h4-8,10-12,14H,9H2,1-3H3,(H,19,21). The maximum atomic E-state index is 12.2. The first-order valence-corrected chi connectivity index (χ1v) is 8.49. The molecule has 0 bridgehead atoms. The Balaban J connectivity index is 1.89. The van der Waals surface area contributed by atoms with E-state index in [9.17, 15) is 9.59 Å². The number of ether oxygens (including phenoxy) is 1. The van der Waals surface area contributed by atoms with Gasteiger partial charge in [-0.2, -0.15) is 11.3 Å². The monoisotopic (exact) mass is 331 g/mol. The van der Waals surface area contributed by atoms with E-state index in [1.165, 1.54) is 12.5 Å². The number of benzene rings is 1. The summed E-state index contributed by atoms with van der Waals surface area (Å²) in [6.45, 7) is 5.17. The van der Waals surface area contributed by atoms with Crippen LogP contribution >= 0.6 is 11.3 Å². The number of thiophene rings is 1. The molecule has 1 aromatic heterocycles. The molecule has 4 nitrogen and oxygen atoms in total. The van der Waals surface area contributed by atoms with Crippen LogP contribution in [-0.4, -0.2) is 23.8 Å². The molecule has 0 spiro atoms. The zero-order valence-corrected chi connectivity index (χ0v) is 14.4. The predicted octanol–water partition coefficient (Wildman–Crippen LogP) is 3.47. The second-order valence-electron chi connectivity index (χ2n) is 5.59. The molecule has 1 N–H and O–H groups in total. The van der Waals surface area contributed by atoms with Crippen LogP contribution in [0.2, 0.25) is 0 Å². The first-order chi connectivity index (χ1) is 11.0. The lowest BCUT2D eigenvalue weighted by molar-refractivity contribution is -0.127. The summed E-state index contributed by atoms with van der Waals surface area (Å²) in [6.07, 6.45) is 0.170. The third-order valence-corrected chi connectivity index (χ3v) is 4.17. The van der Waals surface area contributed by atoms with Gasteiger partial charge in [-0.05, 0) is 61.7 Å². The first kappa shape index (κ1) is 17.2. The van der Waals surface area contributed by atoms with Crippen molar-refractivity contribution in [3.05, 3.63) is 52.2 Å². The summed E-state index contributed by atoms with van der Waals surface area (Å²) in [4.78, 5) is 23.6. The summed E-state index contributed by atoms with van der Waals surface area (Å²) in [5.74, 6) is 0.323. The van der Waals surface area contributed by atoms with Crippen LogP contribution in [0.5, 0.6) is 5.75 Å². The van der Waals surface area contributed by atoms with Gasteiger partial charge in [0.1, 0.15) is 5.75 Å². The molecule has 1 amide bonds. The van der Waals surface area contributed by atoms with Crippen molar-refractivity contribution in [2.24, 2.45) is 0 Å². The van der Waals surface area contributed by atoms with Gasteiger partial charge < -0.3 is 10.1 Å². The van der Waals surface area contributed by atoms with Crippen molar-refractivity contribution < 1.29 is 14.3 Å². The molecule has 23 heavy (non-hydrogen) atoms. The average molecular weight is 331 g/mol. The summed E-state index contributed by atoms with van der Waals surface area (Å²) >= 11 is 1.65. The van der Waals surface area contributed by atoms with Gasteiger partial charge in [0.15, 0.2) is 11.9 Å². The van der Waals surface area contributed by atoms with Crippen molar-refractivity contribution in [1.29, 1.82) is 0 Å². The summed E-state index contributed by atoms with van der Waals surface area (Å²) in [5.41, 5.74) is 1.78. The van der Waals surface area contributed by atoms with E-state index in [-0.39, 0.29) is 17.7 Å². The number of hydrogen-bond acceptors (Lipinski definition) is 4. The highest BCUT2D eigenvalue weighted by Crippen LogP contribution is 2.15. The van der Waals surface area contributed by atoms with Crippen LogP contribution in [0.4, 0.5) is 0 Å². The third-order valence-electron chi connectivity index (χ3n) is 3.43. The molecule has 1 heterocycles. The fourth-order valence-corrected chi connectivity index (χ4v) is 2.90. The number of hydrogen-bond donors (Lipinski definition) is 1. The molecular formula is C18H21NO3S. The number of carbonyl (C=O) groups is 2. The van der Waals surface area contributed by atoms with Gasteiger partial charge >= 0.3 is 0 Å². The fourth-order valence-electron chi connectivity index (χ4n) is 2.22. The van der Waals surface area contributed by atoms with Crippen LogP contribution in [0.15, 0.2) is 41.1 Å². The second-order valence-corrected chi connectivity index (χ2v) is 6.37. The number of Topliss-reactive ketones (excluding diaryl/α,β-unsaturated/α-hetero) is 1. The van der Waals surface area contributed by atoms with Gasteiger partial charge in [-0.3, -0.25) is 9.59 Å². The van der Waals surface area contributed by atoms with Gasteiger partial charge in [-0.1, -0.05) is 12.1 Å². The van der Waals surface area contributed by atoms with Crippen LogP contribution in [0.25, 0.3) is 0 Å². The third kappa shape index (κ3) is 5.21. The number of ketones is 1. The van der Waals surface area contributed by atoms with E-state index in [0.717, 1.165) is 6.42 Å². The van der Waals surface area contributed by atoms with Crippen LogP contribution in [0.1, 0.15) is 36.7 Å². The summed E-state index contributed by atoms with van der Waals surface area (Å²) in [5, 5.41) is 7.05. The smallest absolute Gasteiger partial charge is 0.260 e. The van der Waals surface area contributed by atoms with Crippen molar-refractivity contribution in [2.45, 2.75) is 39.3 Å². The maximum Gasteiger partial charge on any atom is 0.260 e. The molecule has 2 unspecified atom stereocenters. The first-order valence-electron chi connectivity index (χ1n) is 7.55. The lowest BCUT2D eigenvalue weighted by Crippen LogP contribution is -2.42. The Hall–Kier alpha value is -2.14. The van der Waals surface area contributed by atoms with E-state index in [0.29, 0.717) is 11.3 Å². The lowest BCUT2D eigenvalue weighted by atomic mass is 10.1. The Bertz CT molecular complexity index is 667. The lowest BCUT2D eigenvalue weighted by Gasteiger charge is -2.18. The highest BCUT2D eigenvalue weighted by Gasteiger charge is 2.17. The Morgan fingerprint density at radius 1 is 1.26 bits per heavy atom. The Morgan fingerprint density at radius 3 is 2.70 bits per heavy atom. The molecule has 0 radical (unpaired) electrons. The molecular weight excluding hydrogens is 310 g/mol. The molecule has 0 saturated carbocycles. The van der Waals surface area contributed by atoms with Crippen molar-refractivity contribution in [3.63, 3.8) is 0 Å². The Morgan fingerprint density at radius 2 is 2.04 bits per heavy atom. The van der Waals surface area contributed by atoms with Gasteiger partial charge in [0.2, 0.25) is 0 Å². The molecule has 0 aliphatic rings. The molecule has 2 atom stereocenters. The van der Waals surface area contributed by atoms with Crippen molar-refractivity contribution in [2.75, 3.05) is 0 Å². The number of rotatable bonds is 7. The van der Waals surface area contributed by atoms with E-state index in [1.807, 2.05) is 12.3 Å². The topological polar surface area (TPSA) is 55.4 Å². The van der Waals surface area contributed by atoms with Crippen molar-refractivity contribution >= 4 is 23.0 Å². The highest BCUT2D eigenvalue weighted by atomic mass is 32.1. The van der Waals surface area contributed by atoms with E-state index < -0.39 is 6.10 Å². The van der Waals surface area contributed by atoms with Gasteiger partial charge in [0, 0.05) is 11.6 Å². The summed E-state index contributed by atoms with van der Waals surface area (Å²) in [7, 11) is 0. The van der Waals surface area contributed by atoms with E-state index in [2.05, 4.69) is 16.8 Å². The van der Waals surface area contributed by atoms with E-state index in [4.69, 9.17) is 4.74 Å². The van der Waals surface area contributed by atoms with Crippen molar-refractivity contribution in [3.8, 4) is 5.75 Å². The van der Waals surface area contributed by atoms with Crippen LogP contribution in [0, 0.1) is 0 Å². The minimum atomic E-state index is -0.623. The maximum absolute atomic E-state index is 12.2. The number of carbonyl (C=O) groups excluding carboxylic acids is 2. The van der Waals surface area contributed by atoms with E-state index in [1.54, 1.807) is 42.5 Å². The number of nitrogens with one attached hydrogen (secondary N) is 1. The zero-order valence-electron chi connectivity index (χ0n) is 13.5. The molecule has 0 saturated heterocycles. The van der Waals surface area contributed by atoms with Gasteiger partial charge in [0.05, 0.1) is 0 Å². The average Bonchev–Trinajstić information content (AvgIpc) is 3.00.